The van der Waals surface area contributed by atoms with E-state index < -0.39 is 64.1 Å². The van der Waals surface area contributed by atoms with Crippen LogP contribution in [0, 0.1) is 0 Å². The van der Waals surface area contributed by atoms with Crippen LogP contribution in [0.25, 0.3) is 21.8 Å². The van der Waals surface area contributed by atoms with Crippen LogP contribution in [-0.4, -0.2) is 84.0 Å². The van der Waals surface area contributed by atoms with Gasteiger partial charge in [-0.3, -0.25) is 48.6 Å². The summed E-state index contributed by atoms with van der Waals surface area (Å²) in [6.07, 6.45) is 1.45. The number of benzene rings is 2. The van der Waals surface area contributed by atoms with E-state index in [1.165, 1.54) is 61.6 Å². The Morgan fingerprint density at radius 3 is 1.38 bits per heavy atom. The number of nitrogens with one attached hydrogen (secondary N) is 5. The molecular weight excluding hydrogens is 777 g/mol. The van der Waals surface area contributed by atoms with Gasteiger partial charge in [-0.2, -0.15) is 0 Å². The third kappa shape index (κ3) is 11.9. The average Bonchev–Trinajstić information content (AvgIpc) is 3.19. The highest BCUT2D eigenvalue weighted by molar-refractivity contribution is 6.02. The Kier molecular flexibility index (Phi) is 13.5. The maximum Gasteiger partial charge on any atom is 0.253 e. The van der Waals surface area contributed by atoms with Crippen LogP contribution in [-0.2, 0) is 43.6 Å². The molecule has 3 aromatic heterocycles. The van der Waals surface area contributed by atoms with Crippen LogP contribution >= 0.6 is 0 Å². The molecule has 6 amide bonds. The maximum atomic E-state index is 13.5. The molecule has 0 atom stereocenters. The Bertz CT molecular complexity index is 2380. The second kappa shape index (κ2) is 18.2. The number of rotatable bonds is 17. The van der Waals surface area contributed by atoms with Gasteiger partial charge in [0.15, 0.2) is 0 Å². The minimum absolute atomic E-state index is 0.222. The number of carbonyl (C=O) groups excluding carboxylic acids is 6. The first-order valence-corrected chi connectivity index (χ1v) is 19.8. The van der Waals surface area contributed by atoms with Crippen LogP contribution in [0.2, 0.25) is 0 Å². The van der Waals surface area contributed by atoms with E-state index in [1.54, 1.807) is 12.1 Å². The number of hydrogen-bond acceptors (Lipinski definition) is 10. The number of hydrogen-bond donors (Lipinski definition) is 6. The van der Waals surface area contributed by atoms with E-state index in [0.717, 1.165) is 33.2 Å². The number of carbonyl (C=O) groups is 6. The SMILES string of the molecule is CC(C)(NC(=O)c1ccc(CN(Cc2ccc3ccccc3n2)Cc2ccc3ccccc3n2)nc1)C(=O)NC(C)(C)C(=O)NC(C)(C)C(=O)NC(C)(C)C(=O)NCC(N)=O. The summed E-state index contributed by atoms with van der Waals surface area (Å²) in [7, 11) is 0. The topological polar surface area (TPSA) is 230 Å². The standard InChI is InChI=1S/C45H54N10O6/c1-42(2,38(58)48-24-36(46)56)52-40(60)44(5,6)54-41(61)45(7,8)53-39(59)43(3,4)51-37(57)30-19-20-31(47-23-30)25-55(26-32-21-17-28-13-9-11-15-34(28)49-32)27-33-22-18-29-14-10-12-16-35(29)50-33/h9-23H,24-27H2,1-8H3,(H2,46,56)(H,48,58)(H,51,57)(H,52,60)(H,53,59)(H,54,61). The molecule has 7 N–H and O–H groups in total. The van der Waals surface area contributed by atoms with Gasteiger partial charge < -0.3 is 32.3 Å². The normalized spacial score (nSPS) is 12.1. The monoisotopic (exact) mass is 830 g/mol. The van der Waals surface area contributed by atoms with Crippen LogP contribution in [0.5, 0.6) is 0 Å². The maximum absolute atomic E-state index is 13.5. The lowest BCUT2D eigenvalue weighted by Gasteiger charge is -2.36. The summed E-state index contributed by atoms with van der Waals surface area (Å²) in [4.78, 5) is 93.8. The molecule has 5 rings (SSSR count). The lowest BCUT2D eigenvalue weighted by molar-refractivity contribution is -0.140. The Labute approximate surface area is 354 Å². The predicted molar refractivity (Wildman–Crippen MR) is 231 cm³/mol. The van der Waals surface area contributed by atoms with E-state index >= 15 is 0 Å². The van der Waals surface area contributed by atoms with Gasteiger partial charge in [0, 0.05) is 36.6 Å². The molecular formula is C45H54N10O6. The fourth-order valence-electron chi connectivity index (χ4n) is 6.19. The lowest BCUT2D eigenvalue weighted by Crippen LogP contribution is -2.67. The summed E-state index contributed by atoms with van der Waals surface area (Å²) >= 11 is 0. The first-order valence-electron chi connectivity index (χ1n) is 19.8. The quantitative estimate of drug-likeness (QED) is 0.0802. The highest BCUT2D eigenvalue weighted by Crippen LogP contribution is 2.19. The molecule has 0 aliphatic rings. The number of fused-ring (bicyclic) bond motifs is 2. The molecule has 0 aliphatic heterocycles. The number of amides is 6. The molecule has 0 unspecified atom stereocenters. The van der Waals surface area contributed by atoms with Crippen molar-refractivity contribution >= 4 is 57.2 Å². The van der Waals surface area contributed by atoms with Crippen LogP contribution in [0.1, 0.15) is 82.8 Å². The van der Waals surface area contributed by atoms with Crippen LogP contribution < -0.4 is 32.3 Å². The lowest BCUT2D eigenvalue weighted by atomic mass is 9.95. The molecule has 2 aromatic carbocycles. The Hall–Kier alpha value is -6.81. The van der Waals surface area contributed by atoms with Gasteiger partial charge in [0.2, 0.25) is 29.5 Å². The molecule has 61 heavy (non-hydrogen) atoms. The number of nitrogens with two attached hydrogens (primary N) is 1. The first-order chi connectivity index (χ1) is 28.5. The molecule has 16 nitrogen and oxygen atoms in total. The molecule has 0 fully saturated rings. The van der Waals surface area contributed by atoms with Crippen molar-refractivity contribution in [1.29, 1.82) is 0 Å². The van der Waals surface area contributed by atoms with Gasteiger partial charge in [0.05, 0.1) is 40.2 Å². The summed E-state index contributed by atoms with van der Waals surface area (Å²) in [5.74, 6) is -4.04. The van der Waals surface area contributed by atoms with Crippen molar-refractivity contribution in [3.63, 3.8) is 0 Å². The average molecular weight is 831 g/mol. The minimum atomic E-state index is -1.55. The summed E-state index contributed by atoms with van der Waals surface area (Å²) in [6, 6.07) is 27.4. The summed E-state index contributed by atoms with van der Waals surface area (Å²) in [6.45, 7) is 12.7. The van der Waals surface area contributed by atoms with E-state index in [4.69, 9.17) is 15.7 Å². The van der Waals surface area contributed by atoms with Crippen LogP contribution in [0.15, 0.2) is 91.1 Å². The van der Waals surface area contributed by atoms with Gasteiger partial charge in [0.1, 0.15) is 22.2 Å². The van der Waals surface area contributed by atoms with E-state index in [1.807, 2.05) is 60.7 Å². The Balaban J connectivity index is 1.21. The van der Waals surface area contributed by atoms with Crippen molar-refractivity contribution in [2.24, 2.45) is 5.73 Å². The van der Waals surface area contributed by atoms with Gasteiger partial charge in [0.25, 0.3) is 5.91 Å². The van der Waals surface area contributed by atoms with Gasteiger partial charge in [-0.15, -0.1) is 0 Å². The zero-order valence-electron chi connectivity index (χ0n) is 35.8. The van der Waals surface area contributed by atoms with Crippen LogP contribution in [0.4, 0.5) is 0 Å². The largest absolute Gasteiger partial charge is 0.368 e. The molecule has 0 spiro atoms. The second-order valence-corrected chi connectivity index (χ2v) is 17.1. The molecule has 0 bridgehead atoms. The third-order valence-corrected chi connectivity index (χ3v) is 9.95. The van der Waals surface area contributed by atoms with Crippen molar-refractivity contribution < 1.29 is 28.8 Å². The van der Waals surface area contributed by atoms with Gasteiger partial charge in [-0.25, -0.2) is 0 Å². The van der Waals surface area contributed by atoms with Gasteiger partial charge >= 0.3 is 0 Å². The molecule has 16 heteroatoms. The predicted octanol–water partition coefficient (Wildman–Crippen LogP) is 3.17. The second-order valence-electron chi connectivity index (χ2n) is 17.1. The molecule has 0 aliphatic carbocycles. The third-order valence-electron chi connectivity index (χ3n) is 9.95. The Morgan fingerprint density at radius 2 is 0.934 bits per heavy atom. The van der Waals surface area contributed by atoms with Gasteiger partial charge in [-0.1, -0.05) is 48.5 Å². The van der Waals surface area contributed by atoms with Gasteiger partial charge in [-0.05, 0) is 91.8 Å². The molecule has 5 aromatic rings. The smallest absolute Gasteiger partial charge is 0.253 e. The number of para-hydroxylation sites is 2. The van der Waals surface area contributed by atoms with Crippen molar-refractivity contribution in [2.75, 3.05) is 6.54 Å². The summed E-state index contributed by atoms with van der Waals surface area (Å²) in [5.41, 5.74) is 3.55. The number of primary amides is 1. The number of nitrogens with zero attached hydrogens (tertiary/aromatic N) is 4. The molecule has 3 heterocycles. The van der Waals surface area contributed by atoms with Crippen molar-refractivity contribution in [3.05, 3.63) is 114 Å². The van der Waals surface area contributed by atoms with Crippen molar-refractivity contribution in [1.82, 2.24) is 46.4 Å². The van der Waals surface area contributed by atoms with Crippen molar-refractivity contribution in [2.45, 2.75) is 97.2 Å². The molecule has 0 radical (unpaired) electrons. The van der Waals surface area contributed by atoms with E-state index in [-0.39, 0.29) is 5.56 Å². The van der Waals surface area contributed by atoms with E-state index in [2.05, 4.69) is 48.6 Å². The number of aromatic nitrogens is 3. The van der Waals surface area contributed by atoms with Crippen molar-refractivity contribution in [3.8, 4) is 0 Å². The summed E-state index contributed by atoms with van der Waals surface area (Å²) < 4.78 is 0. The fraction of sp³-hybridized carbons (Fsp3) is 0.356. The molecule has 320 valence electrons. The molecule has 0 saturated carbocycles. The summed E-state index contributed by atoms with van der Waals surface area (Å²) in [5, 5.41) is 15.0. The highest BCUT2D eigenvalue weighted by Gasteiger charge is 2.42. The number of pyridine rings is 3. The van der Waals surface area contributed by atoms with E-state index in [9.17, 15) is 28.8 Å². The zero-order valence-corrected chi connectivity index (χ0v) is 35.8. The zero-order chi connectivity index (χ0) is 44.8. The first kappa shape index (κ1) is 45.3. The minimum Gasteiger partial charge on any atom is -0.368 e. The highest BCUT2D eigenvalue weighted by atomic mass is 16.2. The van der Waals surface area contributed by atoms with E-state index in [0.29, 0.717) is 25.3 Å². The fourth-order valence-corrected chi connectivity index (χ4v) is 6.19. The van der Waals surface area contributed by atoms with Crippen LogP contribution in [0.3, 0.4) is 0 Å². The Morgan fingerprint density at radius 1 is 0.525 bits per heavy atom. The molecule has 0 saturated heterocycles.